The number of amides is 1. The Morgan fingerprint density at radius 3 is 2.29 bits per heavy atom. The lowest BCUT2D eigenvalue weighted by Gasteiger charge is -2.27. The topological polar surface area (TPSA) is 134 Å². The number of carboxylic acids is 2. The summed E-state index contributed by atoms with van der Waals surface area (Å²) in [6.45, 7) is 1.47. The van der Waals surface area contributed by atoms with Gasteiger partial charge >= 0.3 is 11.9 Å². The van der Waals surface area contributed by atoms with Gasteiger partial charge in [-0.25, -0.2) is 9.59 Å². The zero-order chi connectivity index (χ0) is 26.1. The number of anilines is 1. The van der Waals surface area contributed by atoms with Crippen LogP contribution in [0.1, 0.15) is 10.8 Å². The van der Waals surface area contributed by atoms with E-state index >= 15 is 0 Å². The van der Waals surface area contributed by atoms with Crippen LogP contribution in [0, 0.1) is 0 Å². The van der Waals surface area contributed by atoms with E-state index < -0.39 is 23.3 Å². The van der Waals surface area contributed by atoms with Gasteiger partial charge in [-0.2, -0.15) is 0 Å². The summed E-state index contributed by atoms with van der Waals surface area (Å²) in [7, 11) is 5.48. The van der Waals surface area contributed by atoms with Gasteiger partial charge in [0.15, 0.2) is 6.10 Å². The van der Waals surface area contributed by atoms with Crippen molar-refractivity contribution in [1.29, 1.82) is 0 Å². The van der Waals surface area contributed by atoms with Gasteiger partial charge in [0, 0.05) is 23.0 Å². The summed E-state index contributed by atoms with van der Waals surface area (Å²) in [6.07, 6.45) is -0.959. The molecule has 188 valence electrons. The summed E-state index contributed by atoms with van der Waals surface area (Å²) in [5.41, 5.74) is 1.62. The first-order valence-corrected chi connectivity index (χ1v) is 11.5. The van der Waals surface area contributed by atoms with Crippen LogP contribution in [-0.2, 0) is 23.9 Å². The van der Waals surface area contributed by atoms with Crippen molar-refractivity contribution in [2.24, 2.45) is 0 Å². The standard InChI is InChI=1S/C21H23ClN2O4S.C2H2O4/c1-23(2)10-11-24-17-9-6-15(22)12-18(17)29-20(19(21(24)26)28-13-25)14-4-7-16(27-3)8-5-14;3-1(4)2(5)6/h4-9,12-13,19-20H,10-11H2,1-3H3;(H,3,4)(H,5,6)/t19-,20+;/m1./s1. The lowest BCUT2D eigenvalue weighted by Crippen LogP contribution is -2.44. The van der Waals surface area contributed by atoms with Crippen molar-refractivity contribution in [2.45, 2.75) is 16.2 Å². The van der Waals surface area contributed by atoms with E-state index in [1.54, 1.807) is 18.1 Å². The van der Waals surface area contributed by atoms with Gasteiger partial charge < -0.3 is 29.5 Å². The van der Waals surface area contributed by atoms with Crippen molar-refractivity contribution < 1.29 is 38.9 Å². The zero-order valence-corrected chi connectivity index (χ0v) is 20.8. The number of halogens is 1. The summed E-state index contributed by atoms with van der Waals surface area (Å²) in [5, 5.41) is 14.9. The second-order valence-corrected chi connectivity index (χ2v) is 9.10. The maximum Gasteiger partial charge on any atom is 0.414 e. The van der Waals surface area contributed by atoms with Crippen molar-refractivity contribution in [3.05, 3.63) is 53.1 Å². The van der Waals surface area contributed by atoms with Gasteiger partial charge in [0.1, 0.15) is 5.75 Å². The van der Waals surface area contributed by atoms with E-state index in [1.165, 1.54) is 11.8 Å². The molecule has 2 atom stereocenters. The Morgan fingerprint density at radius 1 is 1.14 bits per heavy atom. The van der Waals surface area contributed by atoms with Crippen molar-refractivity contribution in [3.8, 4) is 5.75 Å². The molecule has 10 nitrogen and oxygen atoms in total. The number of hydrogen-bond donors (Lipinski definition) is 2. The number of likely N-dealkylation sites (N-methyl/N-ethyl adjacent to an activating group) is 1. The second-order valence-electron chi connectivity index (χ2n) is 7.48. The molecular weight excluding hydrogens is 500 g/mol. The molecule has 1 aliphatic rings. The second kappa shape index (κ2) is 13.0. The molecule has 2 aromatic rings. The molecule has 0 aliphatic carbocycles. The fourth-order valence-corrected chi connectivity index (χ4v) is 4.76. The van der Waals surface area contributed by atoms with Crippen LogP contribution in [-0.4, -0.2) is 79.8 Å². The number of nitrogens with zero attached hydrogens (tertiary/aromatic N) is 2. The monoisotopic (exact) mass is 524 g/mol. The first-order valence-electron chi connectivity index (χ1n) is 10.2. The molecule has 0 fully saturated rings. The predicted octanol–water partition coefficient (Wildman–Crippen LogP) is 2.79. The highest BCUT2D eigenvalue weighted by Crippen LogP contribution is 2.47. The van der Waals surface area contributed by atoms with Gasteiger partial charge in [0.25, 0.3) is 12.4 Å². The molecule has 2 aromatic carbocycles. The summed E-state index contributed by atoms with van der Waals surface area (Å²) < 4.78 is 10.6. The highest BCUT2D eigenvalue weighted by molar-refractivity contribution is 7.99. The summed E-state index contributed by atoms with van der Waals surface area (Å²) in [6, 6.07) is 12.9. The van der Waals surface area contributed by atoms with Crippen molar-refractivity contribution in [2.75, 3.05) is 39.2 Å². The first-order chi connectivity index (χ1) is 16.6. The number of ether oxygens (including phenoxy) is 2. The molecule has 1 heterocycles. The van der Waals surface area contributed by atoms with Crippen LogP contribution < -0.4 is 9.64 Å². The molecular formula is C23H25ClN2O8S. The molecule has 2 N–H and O–H groups in total. The van der Waals surface area contributed by atoms with E-state index in [2.05, 4.69) is 0 Å². The lowest BCUT2D eigenvalue weighted by atomic mass is 10.1. The SMILES string of the molecule is COc1ccc([C@@H]2Sc3cc(Cl)ccc3N(CCN(C)C)C(=O)[C@@H]2OC=O)cc1.O=C(O)C(=O)O. The Labute approximate surface area is 211 Å². The summed E-state index contributed by atoms with van der Waals surface area (Å²) in [5.74, 6) is -3.19. The fraction of sp³-hybridized carbons (Fsp3) is 0.304. The minimum atomic E-state index is -1.82. The number of carboxylic acid groups (broad SMARTS) is 2. The van der Waals surface area contributed by atoms with E-state index in [0.29, 0.717) is 30.3 Å². The van der Waals surface area contributed by atoms with Crippen LogP contribution in [0.15, 0.2) is 47.4 Å². The van der Waals surface area contributed by atoms with Crippen LogP contribution in [0.2, 0.25) is 5.02 Å². The maximum absolute atomic E-state index is 13.5. The average molecular weight is 525 g/mol. The molecule has 0 bridgehead atoms. The van der Waals surface area contributed by atoms with Gasteiger partial charge in [-0.3, -0.25) is 9.59 Å². The van der Waals surface area contributed by atoms with Gasteiger partial charge in [-0.1, -0.05) is 23.7 Å². The third-order valence-corrected chi connectivity index (χ3v) is 6.44. The third kappa shape index (κ3) is 7.61. The quantitative estimate of drug-likeness (QED) is 0.411. The average Bonchev–Trinajstić information content (AvgIpc) is 2.92. The van der Waals surface area contributed by atoms with E-state index in [1.807, 2.05) is 55.4 Å². The van der Waals surface area contributed by atoms with Crippen LogP contribution in [0.25, 0.3) is 0 Å². The molecule has 1 aliphatic heterocycles. The molecule has 1 amide bonds. The number of aliphatic carboxylic acids is 2. The maximum atomic E-state index is 13.5. The number of hydrogen-bond acceptors (Lipinski definition) is 8. The number of methoxy groups -OCH3 is 1. The van der Waals surface area contributed by atoms with Gasteiger partial charge in [-0.05, 0) is 50.0 Å². The molecule has 35 heavy (non-hydrogen) atoms. The molecule has 0 unspecified atom stereocenters. The smallest absolute Gasteiger partial charge is 0.414 e. The van der Waals surface area contributed by atoms with E-state index in [4.69, 9.17) is 40.9 Å². The molecule has 12 heteroatoms. The van der Waals surface area contributed by atoms with Crippen LogP contribution in [0.3, 0.4) is 0 Å². The normalized spacial score (nSPS) is 16.9. The summed E-state index contributed by atoms with van der Waals surface area (Å²) >= 11 is 7.71. The first kappa shape index (κ1) is 28.0. The zero-order valence-electron chi connectivity index (χ0n) is 19.2. The molecule has 0 spiro atoms. The van der Waals surface area contributed by atoms with Crippen LogP contribution >= 0.6 is 23.4 Å². The van der Waals surface area contributed by atoms with Crippen molar-refractivity contribution in [1.82, 2.24) is 4.90 Å². The highest BCUT2D eigenvalue weighted by Gasteiger charge is 2.40. The molecule has 0 saturated carbocycles. The molecule has 0 saturated heterocycles. The largest absolute Gasteiger partial charge is 0.497 e. The van der Waals surface area contributed by atoms with Crippen molar-refractivity contribution in [3.63, 3.8) is 0 Å². The molecule has 3 rings (SSSR count). The lowest BCUT2D eigenvalue weighted by molar-refractivity contribution is -0.159. The Kier molecular flexibility index (Phi) is 10.4. The van der Waals surface area contributed by atoms with Gasteiger partial charge in [0.2, 0.25) is 0 Å². The van der Waals surface area contributed by atoms with Gasteiger partial charge in [-0.15, -0.1) is 11.8 Å². The predicted molar refractivity (Wildman–Crippen MR) is 130 cm³/mol. The molecule has 0 aromatic heterocycles. The minimum Gasteiger partial charge on any atom is -0.497 e. The Morgan fingerprint density at radius 2 is 1.77 bits per heavy atom. The minimum absolute atomic E-state index is 0.256. The Balaban J connectivity index is 0.000000641. The van der Waals surface area contributed by atoms with E-state index in [0.717, 1.165) is 16.1 Å². The van der Waals surface area contributed by atoms with E-state index in [9.17, 15) is 9.59 Å². The number of carbonyl (C=O) groups excluding carboxylic acids is 2. The Bertz CT molecular complexity index is 1050. The van der Waals surface area contributed by atoms with Crippen LogP contribution in [0.5, 0.6) is 5.75 Å². The van der Waals surface area contributed by atoms with E-state index in [-0.39, 0.29) is 5.91 Å². The number of carbonyl (C=O) groups is 4. The van der Waals surface area contributed by atoms with Gasteiger partial charge in [0.05, 0.1) is 18.0 Å². The molecule has 0 radical (unpaired) electrons. The third-order valence-electron chi connectivity index (χ3n) is 4.85. The number of rotatable bonds is 7. The number of thioether (sulfide) groups is 1. The van der Waals surface area contributed by atoms with Crippen LogP contribution in [0.4, 0.5) is 5.69 Å². The number of fused-ring (bicyclic) bond motifs is 1. The number of benzene rings is 2. The van der Waals surface area contributed by atoms with Crippen molar-refractivity contribution >= 4 is 53.4 Å². The highest BCUT2D eigenvalue weighted by atomic mass is 35.5. The fourth-order valence-electron chi connectivity index (χ4n) is 3.16. The Hall–Kier alpha value is -3.28. The summed E-state index contributed by atoms with van der Waals surface area (Å²) in [4.78, 5) is 47.4.